The first-order valence-corrected chi connectivity index (χ1v) is 8.96. The summed E-state index contributed by atoms with van der Waals surface area (Å²) in [5.41, 5.74) is -3.22. The zero-order valence-corrected chi connectivity index (χ0v) is 17.2. The minimum absolute atomic E-state index is 0.0592. The summed E-state index contributed by atoms with van der Waals surface area (Å²) >= 11 is 0. The molecule has 0 radical (unpaired) electrons. The zero-order chi connectivity index (χ0) is 22.7. The van der Waals surface area contributed by atoms with Gasteiger partial charge >= 0.3 is 18.4 Å². The first-order chi connectivity index (χ1) is 13.1. The van der Waals surface area contributed by atoms with Gasteiger partial charge in [-0.25, -0.2) is 9.78 Å². The Kier molecular flexibility index (Phi) is 7.92. The Morgan fingerprint density at radius 3 is 1.83 bits per heavy atom. The maximum atomic E-state index is 13.2. The fourth-order valence-electron chi connectivity index (χ4n) is 2.84. The van der Waals surface area contributed by atoms with E-state index in [9.17, 15) is 31.1 Å². The summed E-state index contributed by atoms with van der Waals surface area (Å²) in [4.78, 5) is 19.7. The Morgan fingerprint density at radius 1 is 0.931 bits per heavy atom. The van der Waals surface area contributed by atoms with Crippen molar-refractivity contribution >= 4 is 11.8 Å². The van der Waals surface area contributed by atoms with E-state index in [1.807, 2.05) is 32.6 Å². The molecule has 1 heterocycles. The minimum atomic E-state index is -5.09. The lowest BCUT2D eigenvalue weighted by Gasteiger charge is -2.33. The number of alkyl halides is 6. The summed E-state index contributed by atoms with van der Waals surface area (Å²) in [6, 6.07) is -0.238. The first-order valence-electron chi connectivity index (χ1n) is 8.96. The van der Waals surface area contributed by atoms with Crippen LogP contribution in [0.2, 0.25) is 0 Å². The monoisotopic (exact) mass is 428 g/mol. The molecule has 0 saturated heterocycles. The summed E-state index contributed by atoms with van der Waals surface area (Å²) in [5, 5.41) is 0. The topological polar surface area (TPSA) is 39.7 Å². The number of nitrogens with zero attached hydrogens (tertiary/aromatic N) is 4. The number of hydrogen-bond acceptors (Lipinski definition) is 3. The van der Waals surface area contributed by atoms with Crippen molar-refractivity contribution in [2.75, 3.05) is 32.1 Å². The number of amides is 2. The Balaban J connectivity index is 3.46. The quantitative estimate of drug-likeness (QED) is 0.616. The van der Waals surface area contributed by atoms with Crippen molar-refractivity contribution in [3.05, 3.63) is 23.4 Å². The molecule has 166 valence electrons. The minimum Gasteiger partial charge on any atom is -0.330 e. The van der Waals surface area contributed by atoms with Crippen molar-refractivity contribution in [2.24, 2.45) is 0 Å². The number of pyridine rings is 1. The molecule has 0 aliphatic carbocycles. The molecule has 1 aromatic rings. The summed E-state index contributed by atoms with van der Waals surface area (Å²) in [5.74, 6) is -0.696. The van der Waals surface area contributed by atoms with Gasteiger partial charge in [0, 0.05) is 39.3 Å². The third-order valence-electron chi connectivity index (χ3n) is 4.23. The second-order valence-corrected chi connectivity index (χ2v) is 7.35. The zero-order valence-electron chi connectivity index (χ0n) is 17.2. The van der Waals surface area contributed by atoms with Crippen LogP contribution in [0.5, 0.6) is 0 Å². The average molecular weight is 428 g/mol. The molecule has 0 saturated carbocycles. The van der Waals surface area contributed by atoms with E-state index in [1.54, 1.807) is 0 Å². The SMILES string of the molecule is CC(C)N(CCN(C(=O)N(C)C)c1cc(C(F)(F)F)cc(C(F)(F)F)n1)C(C)C. The molecular formula is C18H26F6N4O. The third kappa shape index (κ3) is 6.76. The van der Waals surface area contributed by atoms with E-state index in [1.165, 1.54) is 14.1 Å². The fourth-order valence-corrected chi connectivity index (χ4v) is 2.84. The van der Waals surface area contributed by atoms with Gasteiger partial charge in [0.05, 0.1) is 5.56 Å². The molecule has 0 aromatic carbocycles. The number of hydrogen-bond donors (Lipinski definition) is 0. The van der Waals surface area contributed by atoms with Crippen molar-refractivity contribution in [2.45, 2.75) is 52.1 Å². The maximum Gasteiger partial charge on any atom is 0.433 e. The highest BCUT2D eigenvalue weighted by Gasteiger charge is 2.39. The van der Waals surface area contributed by atoms with E-state index in [0.717, 1.165) is 9.80 Å². The average Bonchev–Trinajstić information content (AvgIpc) is 2.55. The smallest absolute Gasteiger partial charge is 0.330 e. The van der Waals surface area contributed by atoms with E-state index in [2.05, 4.69) is 4.98 Å². The molecule has 0 fully saturated rings. The van der Waals surface area contributed by atoms with E-state index in [0.29, 0.717) is 6.07 Å². The van der Waals surface area contributed by atoms with E-state index < -0.39 is 35.5 Å². The summed E-state index contributed by atoms with van der Waals surface area (Å²) in [6.45, 7) is 7.74. The third-order valence-corrected chi connectivity index (χ3v) is 4.23. The van der Waals surface area contributed by atoms with Crippen LogP contribution in [0.4, 0.5) is 37.0 Å². The predicted octanol–water partition coefficient (Wildman–Crippen LogP) is 4.73. The van der Waals surface area contributed by atoms with Crippen LogP contribution in [0.25, 0.3) is 0 Å². The van der Waals surface area contributed by atoms with Crippen molar-refractivity contribution in [1.82, 2.24) is 14.8 Å². The number of urea groups is 1. The van der Waals surface area contributed by atoms with Gasteiger partial charge in [-0.3, -0.25) is 9.80 Å². The lowest BCUT2D eigenvalue weighted by atomic mass is 10.2. The predicted molar refractivity (Wildman–Crippen MR) is 97.6 cm³/mol. The highest BCUT2D eigenvalue weighted by Crippen LogP contribution is 2.36. The van der Waals surface area contributed by atoms with Crippen LogP contribution in [0.15, 0.2) is 12.1 Å². The van der Waals surface area contributed by atoms with E-state index in [4.69, 9.17) is 0 Å². The van der Waals surface area contributed by atoms with Crippen molar-refractivity contribution in [1.29, 1.82) is 0 Å². The summed E-state index contributed by atoms with van der Waals surface area (Å²) < 4.78 is 78.9. The van der Waals surface area contributed by atoms with Crippen LogP contribution in [0.3, 0.4) is 0 Å². The number of aromatic nitrogens is 1. The molecular weight excluding hydrogens is 402 g/mol. The number of halogens is 6. The molecule has 0 aliphatic rings. The molecule has 0 aliphatic heterocycles. The van der Waals surface area contributed by atoms with Gasteiger partial charge in [0.15, 0.2) is 0 Å². The first kappa shape index (κ1) is 25.0. The fraction of sp³-hybridized carbons (Fsp3) is 0.667. The van der Waals surface area contributed by atoms with Gasteiger partial charge in [0.1, 0.15) is 11.5 Å². The Morgan fingerprint density at radius 2 is 1.45 bits per heavy atom. The second-order valence-electron chi connectivity index (χ2n) is 7.35. The Labute approximate surface area is 166 Å². The molecule has 0 bridgehead atoms. The highest BCUT2D eigenvalue weighted by atomic mass is 19.4. The number of carbonyl (C=O) groups excluding carboxylic acids is 1. The van der Waals surface area contributed by atoms with Crippen molar-refractivity contribution in [3.8, 4) is 0 Å². The van der Waals surface area contributed by atoms with Gasteiger partial charge in [-0.05, 0) is 39.8 Å². The largest absolute Gasteiger partial charge is 0.433 e. The highest BCUT2D eigenvalue weighted by molar-refractivity contribution is 5.90. The summed E-state index contributed by atoms with van der Waals surface area (Å²) in [7, 11) is 2.71. The van der Waals surface area contributed by atoms with Crippen LogP contribution in [-0.2, 0) is 12.4 Å². The Hall–Kier alpha value is -2.04. The van der Waals surface area contributed by atoms with Crippen LogP contribution >= 0.6 is 0 Å². The van der Waals surface area contributed by atoms with E-state index >= 15 is 0 Å². The molecule has 0 N–H and O–H groups in total. The van der Waals surface area contributed by atoms with Crippen LogP contribution < -0.4 is 4.90 Å². The maximum absolute atomic E-state index is 13.2. The normalized spacial score (nSPS) is 12.8. The number of anilines is 1. The number of carbonyl (C=O) groups is 1. The van der Waals surface area contributed by atoms with Crippen LogP contribution in [-0.4, -0.2) is 60.1 Å². The Bertz CT molecular complexity index is 660. The summed E-state index contributed by atoms with van der Waals surface area (Å²) in [6.07, 6.45) is -10.1. The van der Waals surface area contributed by atoms with Gasteiger partial charge in [-0.1, -0.05) is 0 Å². The standard InChI is InChI=1S/C18H26F6N4O/c1-11(2)27(12(3)4)7-8-28(16(29)26(5)6)15-10-13(17(19,20)21)9-14(25-15)18(22,23)24/h9-12H,7-8H2,1-6H3. The molecule has 5 nitrogen and oxygen atoms in total. The van der Waals surface area contributed by atoms with Gasteiger partial charge in [-0.15, -0.1) is 0 Å². The molecule has 0 unspecified atom stereocenters. The molecule has 0 atom stereocenters. The van der Waals surface area contributed by atoms with Crippen molar-refractivity contribution < 1.29 is 31.1 Å². The second kappa shape index (κ2) is 9.19. The van der Waals surface area contributed by atoms with Gasteiger partial charge < -0.3 is 4.90 Å². The van der Waals surface area contributed by atoms with Gasteiger partial charge in [-0.2, -0.15) is 26.3 Å². The molecule has 0 spiro atoms. The number of rotatable bonds is 6. The molecule has 2 amide bonds. The lowest BCUT2D eigenvalue weighted by molar-refractivity contribution is -0.145. The molecule has 11 heteroatoms. The lowest BCUT2D eigenvalue weighted by Crippen LogP contribution is -2.47. The molecule has 29 heavy (non-hydrogen) atoms. The molecule has 1 rings (SSSR count). The van der Waals surface area contributed by atoms with Crippen molar-refractivity contribution in [3.63, 3.8) is 0 Å². The van der Waals surface area contributed by atoms with E-state index in [-0.39, 0.29) is 31.2 Å². The van der Waals surface area contributed by atoms with Gasteiger partial charge in [0.2, 0.25) is 0 Å². The van der Waals surface area contributed by atoms with Crippen LogP contribution in [0, 0.1) is 0 Å². The molecule has 1 aromatic heterocycles. The van der Waals surface area contributed by atoms with Gasteiger partial charge in [0.25, 0.3) is 0 Å². The van der Waals surface area contributed by atoms with Crippen LogP contribution in [0.1, 0.15) is 39.0 Å².